The van der Waals surface area contributed by atoms with Crippen molar-refractivity contribution in [3.05, 3.63) is 88.0 Å². The molecular weight excluding hydrogens is 661 g/mol. The number of aromatic nitrogens is 3. The van der Waals surface area contributed by atoms with E-state index in [0.29, 0.717) is 30.6 Å². The summed E-state index contributed by atoms with van der Waals surface area (Å²) in [5, 5.41) is 0.984. The number of fused-ring (bicyclic) bond motifs is 1. The van der Waals surface area contributed by atoms with Crippen molar-refractivity contribution in [2.45, 2.75) is 25.2 Å². The molecule has 3 aromatic heterocycles. The maximum atomic E-state index is 6.19. The van der Waals surface area contributed by atoms with Crippen LogP contribution in [-0.4, -0.2) is 42.8 Å². The van der Waals surface area contributed by atoms with Crippen molar-refractivity contribution in [3.8, 4) is 17.6 Å². The van der Waals surface area contributed by atoms with E-state index in [1.54, 1.807) is 27.5 Å². The minimum absolute atomic E-state index is 0. The van der Waals surface area contributed by atoms with Crippen LogP contribution in [0.1, 0.15) is 46.2 Å². The van der Waals surface area contributed by atoms with Crippen LogP contribution in [0.5, 0.6) is 17.6 Å². The van der Waals surface area contributed by atoms with Crippen molar-refractivity contribution in [2.24, 2.45) is 5.73 Å². The van der Waals surface area contributed by atoms with Crippen molar-refractivity contribution in [1.29, 1.82) is 0 Å². The molecule has 2 atom stereocenters. The number of pyridine rings is 3. The van der Waals surface area contributed by atoms with Crippen LogP contribution in [0.3, 0.4) is 0 Å². The molecule has 2 N–H and O–H groups in total. The Bertz CT molecular complexity index is 1390. The number of nitrogens with zero attached hydrogens (tertiary/aromatic N) is 3. The van der Waals surface area contributed by atoms with Gasteiger partial charge in [-0.3, -0.25) is 4.98 Å². The van der Waals surface area contributed by atoms with E-state index in [1.165, 1.54) is 0 Å². The van der Waals surface area contributed by atoms with Crippen LogP contribution < -0.4 is 19.9 Å². The zero-order valence-corrected chi connectivity index (χ0v) is 26.8. The summed E-state index contributed by atoms with van der Waals surface area (Å²) in [6.07, 6.45) is 2.38. The molecule has 1 aromatic carbocycles. The third kappa shape index (κ3) is 6.53. The zero-order chi connectivity index (χ0) is 25.8. The molecule has 0 aliphatic heterocycles. The van der Waals surface area contributed by atoms with Crippen LogP contribution in [0.15, 0.2) is 53.1 Å². The van der Waals surface area contributed by atoms with Gasteiger partial charge in [-0.25, -0.2) is 9.97 Å². The molecule has 1 unspecified atom stereocenters. The minimum atomic E-state index is -0.255. The van der Waals surface area contributed by atoms with Gasteiger partial charge in [-0.05, 0) is 67.3 Å². The minimum Gasteiger partial charge on any atom is -0.482 e. The molecule has 191 valence electrons. The van der Waals surface area contributed by atoms with E-state index in [9.17, 15) is 0 Å². The third-order valence-electron chi connectivity index (χ3n) is 6.23. The molecule has 0 saturated carbocycles. The number of methoxy groups -OCH3 is 3. The Morgan fingerprint density at radius 2 is 1.68 bits per heavy atom. The van der Waals surface area contributed by atoms with Crippen LogP contribution in [0.4, 0.5) is 0 Å². The summed E-state index contributed by atoms with van der Waals surface area (Å²) in [5.41, 5.74) is 11.5. The summed E-state index contributed by atoms with van der Waals surface area (Å²) in [6, 6.07) is 14.2. The number of benzene rings is 1. The van der Waals surface area contributed by atoms with E-state index < -0.39 is 0 Å². The van der Waals surface area contributed by atoms with Gasteiger partial charge in [0.1, 0.15) is 0 Å². The van der Waals surface area contributed by atoms with Crippen molar-refractivity contribution in [2.75, 3.05) is 27.9 Å². The molecule has 3 heterocycles. The van der Waals surface area contributed by atoms with Gasteiger partial charge in [0.05, 0.1) is 26.8 Å². The van der Waals surface area contributed by atoms with Crippen LogP contribution in [-0.2, 0) is 0 Å². The molecule has 0 bridgehead atoms. The fourth-order valence-corrected chi connectivity index (χ4v) is 5.11. The molecule has 0 fully saturated rings. The first-order chi connectivity index (χ1) is 17.4. The van der Waals surface area contributed by atoms with Crippen molar-refractivity contribution in [1.82, 2.24) is 15.0 Å². The summed E-state index contributed by atoms with van der Waals surface area (Å²) in [5.74, 6) is 1.27. The van der Waals surface area contributed by atoms with Gasteiger partial charge < -0.3 is 19.9 Å². The number of hydrogen-bond acceptors (Lipinski definition) is 7. The molecule has 9 heteroatoms. The number of rotatable bonds is 9. The molecule has 0 aliphatic rings. The second kappa shape index (κ2) is 13.2. The largest absolute Gasteiger partial charge is 0.482 e. The summed E-state index contributed by atoms with van der Waals surface area (Å²) in [6.45, 7) is 6.56. The summed E-state index contributed by atoms with van der Waals surface area (Å²) in [4.78, 5) is 13.9. The first kappa shape index (κ1) is 29.6. The van der Waals surface area contributed by atoms with Crippen LogP contribution in [0.2, 0.25) is 0 Å². The summed E-state index contributed by atoms with van der Waals surface area (Å²) < 4.78 is 18.1. The normalized spacial score (nSPS) is 12.5. The molecule has 0 spiro atoms. The topological polar surface area (TPSA) is 92.4 Å². The Labute approximate surface area is 259 Å². The average molecular weight is 691 g/mol. The molecule has 4 aromatic rings. The van der Waals surface area contributed by atoms with Gasteiger partial charge in [-0.15, -0.1) is 0 Å². The van der Waals surface area contributed by atoms with E-state index in [4.69, 9.17) is 24.9 Å². The second-order valence-electron chi connectivity index (χ2n) is 8.61. The summed E-state index contributed by atoms with van der Waals surface area (Å²) >= 11 is 3.59. The average Bonchev–Trinajstić information content (AvgIpc) is 2.87. The molecule has 1 radical (unpaired) electrons. The van der Waals surface area contributed by atoms with Gasteiger partial charge in [0, 0.05) is 74.4 Å². The Balaban J connectivity index is 0.00000380. The molecule has 0 amide bonds. The van der Waals surface area contributed by atoms with Crippen LogP contribution in [0.25, 0.3) is 10.9 Å². The monoisotopic (exact) mass is 690 g/mol. The zero-order valence-electron chi connectivity index (χ0n) is 21.5. The first-order valence-electron chi connectivity index (χ1n) is 11.6. The number of halogens is 1. The molecule has 0 saturated heterocycles. The van der Waals surface area contributed by atoms with E-state index in [1.807, 2.05) is 37.3 Å². The van der Waals surface area contributed by atoms with E-state index >= 15 is 0 Å². The van der Waals surface area contributed by atoms with Crippen molar-refractivity contribution >= 4 is 26.8 Å². The smallest absolute Gasteiger partial charge is 0.217 e. The van der Waals surface area contributed by atoms with Crippen molar-refractivity contribution < 1.29 is 55.5 Å². The molecule has 37 heavy (non-hydrogen) atoms. The van der Waals surface area contributed by atoms with Gasteiger partial charge in [0.2, 0.25) is 11.8 Å². The molecule has 4 rings (SSSR count). The Hall–Kier alpha value is -2.00. The quantitative estimate of drug-likeness (QED) is 0.230. The number of ether oxygens (including phenoxy) is 3. The van der Waals surface area contributed by atoms with E-state index in [0.717, 1.165) is 43.3 Å². The fourth-order valence-electron chi connectivity index (χ4n) is 4.73. The van der Waals surface area contributed by atoms with Gasteiger partial charge in [-0.2, -0.15) is 18.6 Å². The predicted molar refractivity (Wildman–Crippen MR) is 145 cm³/mol. The first-order valence-corrected chi connectivity index (χ1v) is 12.4. The van der Waals surface area contributed by atoms with Crippen LogP contribution in [0, 0.1) is 55.1 Å². The van der Waals surface area contributed by atoms with Gasteiger partial charge in [0.15, 0.2) is 5.88 Å². The molecule has 0 aliphatic carbocycles. The standard InChI is InChI=1S/C28H30BrN4O3.Pr/c1-16-10-22(27(35-4)31-15-16)26(21(8-9-30)18-11-17(2)32-25(14-18)34-3)23-13-19-12-20(29)6-7-24(19)33-28(23)36-5;/h6-7,10-15,21,26H,1,8-9,30H2,2-5H3;/q-1;/t21-,26?;/m0./s1. The Morgan fingerprint density at radius 1 is 0.946 bits per heavy atom. The van der Waals surface area contributed by atoms with Gasteiger partial charge in [-0.1, -0.05) is 22.1 Å². The SMILES string of the molecule is [CH2-]c1cnc(OC)c(C(c2cc3cc(Br)ccc3nc2OC)[C@@H](CCN)c2cc(C)nc(OC)c2)c1.[Pr]. The van der Waals surface area contributed by atoms with E-state index in [-0.39, 0.29) is 53.1 Å². The predicted octanol–water partition coefficient (Wildman–Crippen LogP) is 5.57. The maximum Gasteiger partial charge on any atom is 0.217 e. The Morgan fingerprint density at radius 3 is 2.35 bits per heavy atom. The Kier molecular flexibility index (Phi) is 10.5. The molecule has 7 nitrogen and oxygen atoms in total. The van der Waals surface area contributed by atoms with E-state index in [2.05, 4.69) is 45.0 Å². The fraction of sp³-hybridized carbons (Fsp3) is 0.286. The van der Waals surface area contributed by atoms with Crippen LogP contribution >= 0.6 is 15.9 Å². The summed E-state index contributed by atoms with van der Waals surface area (Å²) in [7, 11) is 4.88. The van der Waals surface area contributed by atoms with Gasteiger partial charge in [0.25, 0.3) is 0 Å². The van der Waals surface area contributed by atoms with Crippen molar-refractivity contribution in [3.63, 3.8) is 0 Å². The number of nitrogens with two attached hydrogens (primary N) is 1. The maximum absolute atomic E-state index is 6.19. The second-order valence-corrected chi connectivity index (χ2v) is 9.53. The molecular formula is C28H30BrN4O3Pr-. The number of hydrogen-bond donors (Lipinski definition) is 1. The number of aryl methyl sites for hydroxylation is 1. The van der Waals surface area contributed by atoms with Gasteiger partial charge >= 0.3 is 0 Å². The third-order valence-corrected chi connectivity index (χ3v) is 6.72.